The molecule has 2 aromatic rings. The van der Waals surface area contributed by atoms with Crippen LogP contribution < -0.4 is 10.1 Å². The second-order valence-corrected chi connectivity index (χ2v) is 4.66. The molecule has 0 atom stereocenters. The predicted molar refractivity (Wildman–Crippen MR) is 75.7 cm³/mol. The normalized spacial score (nSPS) is 10.7. The molecule has 2 aromatic heterocycles. The van der Waals surface area contributed by atoms with Crippen molar-refractivity contribution in [1.82, 2.24) is 14.8 Å². The molecule has 0 spiro atoms. The van der Waals surface area contributed by atoms with Gasteiger partial charge >= 0.3 is 0 Å². The first-order valence-corrected chi connectivity index (χ1v) is 6.61. The van der Waals surface area contributed by atoms with Gasteiger partial charge in [-0.2, -0.15) is 5.10 Å². The summed E-state index contributed by atoms with van der Waals surface area (Å²) in [6, 6.07) is 4.06. The number of nitrogens with zero attached hydrogens (tertiary/aromatic N) is 3. The second kappa shape index (κ2) is 6.22. The van der Waals surface area contributed by atoms with Gasteiger partial charge in [-0.15, -0.1) is 0 Å². The molecule has 0 radical (unpaired) electrons. The zero-order valence-corrected chi connectivity index (χ0v) is 11.6. The molecule has 0 bridgehead atoms. The molecule has 0 saturated heterocycles. The van der Waals surface area contributed by atoms with Gasteiger partial charge in [0.25, 0.3) is 0 Å². The number of rotatable bonds is 6. The summed E-state index contributed by atoms with van der Waals surface area (Å²) in [6.45, 7) is 7.18. The highest BCUT2D eigenvalue weighted by molar-refractivity contribution is 5.41. The first-order chi connectivity index (χ1) is 9.19. The summed E-state index contributed by atoms with van der Waals surface area (Å²) in [5.41, 5.74) is 0. The van der Waals surface area contributed by atoms with Crippen molar-refractivity contribution in [3.63, 3.8) is 0 Å². The van der Waals surface area contributed by atoms with E-state index in [0.29, 0.717) is 6.04 Å². The molecular weight excluding hydrogens is 240 g/mol. The van der Waals surface area contributed by atoms with Crippen molar-refractivity contribution in [2.75, 3.05) is 11.9 Å². The Hall–Kier alpha value is -2.04. The molecule has 2 rings (SSSR count). The molecule has 102 valence electrons. The van der Waals surface area contributed by atoms with Crippen molar-refractivity contribution in [3.8, 4) is 11.5 Å². The maximum Gasteiger partial charge on any atom is 0.165 e. The Balaban J connectivity index is 2.05. The summed E-state index contributed by atoms with van der Waals surface area (Å²) in [5, 5.41) is 7.48. The Bertz CT molecular complexity index is 522. The minimum absolute atomic E-state index is 0.330. The standard InChI is InChI=1S/C14H20N4O/c1-4-6-15-14-8-12(5-7-16-14)19-13-9-17-18(10-13)11(2)3/h5,7-11H,4,6H2,1-3H3,(H,15,16). The Labute approximate surface area is 113 Å². The number of pyridine rings is 1. The van der Waals surface area contributed by atoms with Crippen molar-refractivity contribution >= 4 is 5.82 Å². The van der Waals surface area contributed by atoms with Crippen molar-refractivity contribution in [2.24, 2.45) is 0 Å². The SMILES string of the molecule is CCCNc1cc(Oc2cnn(C(C)C)c2)ccn1. The summed E-state index contributed by atoms with van der Waals surface area (Å²) < 4.78 is 7.63. The van der Waals surface area contributed by atoms with Crippen LogP contribution >= 0.6 is 0 Å². The maximum absolute atomic E-state index is 5.77. The molecule has 0 unspecified atom stereocenters. The molecule has 19 heavy (non-hydrogen) atoms. The number of nitrogens with one attached hydrogen (secondary N) is 1. The van der Waals surface area contributed by atoms with E-state index in [4.69, 9.17) is 4.74 Å². The lowest BCUT2D eigenvalue weighted by atomic mass is 10.4. The van der Waals surface area contributed by atoms with Gasteiger partial charge in [0.05, 0.1) is 12.4 Å². The van der Waals surface area contributed by atoms with E-state index in [1.165, 1.54) is 0 Å². The highest BCUT2D eigenvalue weighted by atomic mass is 16.5. The van der Waals surface area contributed by atoms with Gasteiger partial charge < -0.3 is 10.1 Å². The zero-order valence-electron chi connectivity index (χ0n) is 11.6. The van der Waals surface area contributed by atoms with Gasteiger partial charge in [0.15, 0.2) is 5.75 Å². The third-order valence-corrected chi connectivity index (χ3v) is 2.63. The van der Waals surface area contributed by atoms with Gasteiger partial charge in [0.2, 0.25) is 0 Å². The van der Waals surface area contributed by atoms with E-state index >= 15 is 0 Å². The summed E-state index contributed by atoms with van der Waals surface area (Å²) in [5.74, 6) is 2.33. The molecule has 0 amide bonds. The topological polar surface area (TPSA) is 52.0 Å². The van der Waals surface area contributed by atoms with E-state index < -0.39 is 0 Å². The van der Waals surface area contributed by atoms with Crippen LogP contribution in [0, 0.1) is 0 Å². The number of hydrogen-bond acceptors (Lipinski definition) is 4. The Morgan fingerprint density at radius 1 is 1.37 bits per heavy atom. The van der Waals surface area contributed by atoms with Crippen LogP contribution in [0.2, 0.25) is 0 Å². The van der Waals surface area contributed by atoms with E-state index in [1.54, 1.807) is 12.4 Å². The van der Waals surface area contributed by atoms with E-state index in [-0.39, 0.29) is 0 Å². The number of aromatic nitrogens is 3. The summed E-state index contributed by atoms with van der Waals surface area (Å²) in [4.78, 5) is 4.24. The van der Waals surface area contributed by atoms with E-state index in [2.05, 4.69) is 36.2 Å². The number of hydrogen-bond donors (Lipinski definition) is 1. The molecule has 0 aromatic carbocycles. The van der Waals surface area contributed by atoms with Gasteiger partial charge in [0.1, 0.15) is 11.6 Å². The highest BCUT2D eigenvalue weighted by Gasteiger charge is 2.04. The summed E-state index contributed by atoms with van der Waals surface area (Å²) in [6.07, 6.45) is 6.41. The molecule has 5 heteroatoms. The van der Waals surface area contributed by atoms with Crippen molar-refractivity contribution < 1.29 is 4.74 Å². The van der Waals surface area contributed by atoms with E-state index in [1.807, 2.05) is 23.0 Å². The minimum atomic E-state index is 0.330. The zero-order chi connectivity index (χ0) is 13.7. The quantitative estimate of drug-likeness (QED) is 0.864. The predicted octanol–water partition coefficient (Wildman–Crippen LogP) is 3.47. The van der Waals surface area contributed by atoms with Crippen LogP contribution in [0.1, 0.15) is 33.2 Å². The van der Waals surface area contributed by atoms with Crippen LogP contribution in [-0.2, 0) is 0 Å². The van der Waals surface area contributed by atoms with Gasteiger partial charge in [-0.3, -0.25) is 4.68 Å². The average Bonchev–Trinajstić information content (AvgIpc) is 2.85. The first-order valence-electron chi connectivity index (χ1n) is 6.61. The van der Waals surface area contributed by atoms with Crippen LogP contribution in [0.3, 0.4) is 0 Å². The Morgan fingerprint density at radius 2 is 2.21 bits per heavy atom. The third-order valence-electron chi connectivity index (χ3n) is 2.63. The van der Waals surface area contributed by atoms with Crippen LogP contribution in [0.15, 0.2) is 30.7 Å². The van der Waals surface area contributed by atoms with Gasteiger partial charge in [-0.25, -0.2) is 4.98 Å². The first kappa shape index (κ1) is 13.4. The molecule has 0 saturated carbocycles. The fourth-order valence-electron chi connectivity index (χ4n) is 1.62. The van der Waals surface area contributed by atoms with Crippen molar-refractivity contribution in [3.05, 3.63) is 30.7 Å². The van der Waals surface area contributed by atoms with Crippen molar-refractivity contribution in [2.45, 2.75) is 33.2 Å². The molecule has 0 aliphatic heterocycles. The third kappa shape index (κ3) is 3.71. The van der Waals surface area contributed by atoms with Crippen molar-refractivity contribution in [1.29, 1.82) is 0 Å². The largest absolute Gasteiger partial charge is 0.454 e. The van der Waals surface area contributed by atoms with Gasteiger partial charge in [0, 0.05) is 24.8 Å². The fourth-order valence-corrected chi connectivity index (χ4v) is 1.62. The van der Waals surface area contributed by atoms with Gasteiger partial charge in [-0.05, 0) is 26.3 Å². The lowest BCUT2D eigenvalue weighted by Crippen LogP contribution is -2.01. The molecule has 0 fully saturated rings. The van der Waals surface area contributed by atoms with Crippen LogP contribution in [0.4, 0.5) is 5.82 Å². The maximum atomic E-state index is 5.77. The monoisotopic (exact) mass is 260 g/mol. The summed E-state index contributed by atoms with van der Waals surface area (Å²) in [7, 11) is 0. The van der Waals surface area contributed by atoms with Crippen LogP contribution in [0.5, 0.6) is 11.5 Å². The molecule has 5 nitrogen and oxygen atoms in total. The fraction of sp³-hybridized carbons (Fsp3) is 0.429. The molecule has 0 aliphatic carbocycles. The highest BCUT2D eigenvalue weighted by Crippen LogP contribution is 2.23. The molecular formula is C14H20N4O. The number of ether oxygens (including phenoxy) is 1. The number of anilines is 1. The molecule has 1 N–H and O–H groups in total. The van der Waals surface area contributed by atoms with E-state index in [0.717, 1.165) is 30.3 Å². The van der Waals surface area contributed by atoms with Gasteiger partial charge in [-0.1, -0.05) is 6.92 Å². The lowest BCUT2D eigenvalue weighted by molar-refractivity contribution is 0.476. The Morgan fingerprint density at radius 3 is 2.89 bits per heavy atom. The Kier molecular flexibility index (Phi) is 4.39. The van der Waals surface area contributed by atoms with Crippen LogP contribution in [0.25, 0.3) is 0 Å². The second-order valence-electron chi connectivity index (χ2n) is 4.66. The molecule has 2 heterocycles. The summed E-state index contributed by atoms with van der Waals surface area (Å²) >= 11 is 0. The van der Waals surface area contributed by atoms with Crippen LogP contribution in [-0.4, -0.2) is 21.3 Å². The molecule has 0 aliphatic rings. The lowest BCUT2D eigenvalue weighted by Gasteiger charge is -2.07. The van der Waals surface area contributed by atoms with E-state index in [9.17, 15) is 0 Å². The average molecular weight is 260 g/mol. The smallest absolute Gasteiger partial charge is 0.165 e. The minimum Gasteiger partial charge on any atom is -0.454 e.